The molecule has 0 spiro atoms. The van der Waals surface area contributed by atoms with E-state index in [1.54, 1.807) is 7.11 Å². The summed E-state index contributed by atoms with van der Waals surface area (Å²) in [5, 5.41) is 3.89. The summed E-state index contributed by atoms with van der Waals surface area (Å²) in [6, 6.07) is 21.5. The van der Waals surface area contributed by atoms with E-state index in [9.17, 15) is 4.79 Å². The molecule has 1 amide bonds. The molecule has 4 nitrogen and oxygen atoms in total. The first kappa shape index (κ1) is 19.6. The van der Waals surface area contributed by atoms with Crippen molar-refractivity contribution in [2.24, 2.45) is 0 Å². The van der Waals surface area contributed by atoms with Crippen LogP contribution in [0.15, 0.2) is 66.7 Å². The summed E-state index contributed by atoms with van der Waals surface area (Å²) in [6.45, 7) is 6.07. The molecule has 0 fully saturated rings. The van der Waals surface area contributed by atoms with Crippen molar-refractivity contribution in [3.8, 4) is 17.0 Å². The molecule has 0 unspecified atom stereocenters. The summed E-state index contributed by atoms with van der Waals surface area (Å²) in [5.74, 6) is 0.600. The SMILES string of the molecule is COc1cccc(-c2cc(C(=O)Nc3cccc(C)c3)c3cc(C)cc(C)c3n2)c1. The molecule has 0 aliphatic carbocycles. The van der Waals surface area contributed by atoms with Crippen molar-refractivity contribution in [3.63, 3.8) is 0 Å². The first-order valence-corrected chi connectivity index (χ1v) is 9.89. The van der Waals surface area contributed by atoms with Gasteiger partial charge in [-0.3, -0.25) is 4.79 Å². The Labute approximate surface area is 176 Å². The van der Waals surface area contributed by atoms with E-state index in [4.69, 9.17) is 9.72 Å². The van der Waals surface area contributed by atoms with E-state index in [1.807, 2.05) is 81.4 Å². The highest BCUT2D eigenvalue weighted by molar-refractivity contribution is 6.13. The van der Waals surface area contributed by atoms with Crippen LogP contribution >= 0.6 is 0 Å². The van der Waals surface area contributed by atoms with Gasteiger partial charge < -0.3 is 10.1 Å². The first-order chi connectivity index (χ1) is 14.4. The fourth-order valence-electron chi connectivity index (χ4n) is 3.72. The minimum absolute atomic E-state index is 0.151. The Kier molecular flexibility index (Phi) is 5.23. The van der Waals surface area contributed by atoms with Gasteiger partial charge in [-0.2, -0.15) is 0 Å². The van der Waals surface area contributed by atoms with Gasteiger partial charge in [0, 0.05) is 16.6 Å². The highest BCUT2D eigenvalue weighted by Gasteiger charge is 2.16. The zero-order valence-electron chi connectivity index (χ0n) is 17.6. The van der Waals surface area contributed by atoms with E-state index in [2.05, 4.69) is 11.4 Å². The maximum atomic E-state index is 13.3. The number of carbonyl (C=O) groups excluding carboxylic acids is 1. The predicted octanol–water partition coefficient (Wildman–Crippen LogP) is 6.09. The molecule has 4 rings (SSSR count). The van der Waals surface area contributed by atoms with E-state index < -0.39 is 0 Å². The van der Waals surface area contributed by atoms with Gasteiger partial charge in [-0.05, 0) is 68.3 Å². The molecule has 0 radical (unpaired) electrons. The molecule has 4 heteroatoms. The smallest absolute Gasteiger partial charge is 0.256 e. The summed E-state index contributed by atoms with van der Waals surface area (Å²) in [6.07, 6.45) is 0. The number of ether oxygens (including phenoxy) is 1. The molecule has 1 aromatic heterocycles. The minimum Gasteiger partial charge on any atom is -0.497 e. The van der Waals surface area contributed by atoms with E-state index in [1.165, 1.54) is 0 Å². The van der Waals surface area contributed by atoms with Gasteiger partial charge in [0.1, 0.15) is 5.75 Å². The number of rotatable bonds is 4. The average Bonchev–Trinajstić information content (AvgIpc) is 2.73. The number of amides is 1. The van der Waals surface area contributed by atoms with Crippen molar-refractivity contribution >= 4 is 22.5 Å². The third-order valence-electron chi connectivity index (χ3n) is 5.13. The number of methoxy groups -OCH3 is 1. The first-order valence-electron chi connectivity index (χ1n) is 9.89. The number of pyridine rings is 1. The van der Waals surface area contributed by atoms with E-state index >= 15 is 0 Å². The molecule has 1 heterocycles. The van der Waals surface area contributed by atoms with E-state index in [-0.39, 0.29) is 5.91 Å². The highest BCUT2D eigenvalue weighted by Crippen LogP contribution is 2.30. The van der Waals surface area contributed by atoms with Crippen molar-refractivity contribution in [2.45, 2.75) is 20.8 Å². The summed E-state index contributed by atoms with van der Waals surface area (Å²) in [4.78, 5) is 18.2. The molecule has 0 bridgehead atoms. The molecule has 0 saturated heterocycles. The Morgan fingerprint density at radius 3 is 2.47 bits per heavy atom. The van der Waals surface area contributed by atoms with Gasteiger partial charge in [0.15, 0.2) is 0 Å². The molecule has 0 aliphatic rings. The largest absolute Gasteiger partial charge is 0.497 e. The topological polar surface area (TPSA) is 51.2 Å². The van der Waals surface area contributed by atoms with Gasteiger partial charge in [0.05, 0.1) is 23.9 Å². The zero-order chi connectivity index (χ0) is 21.3. The van der Waals surface area contributed by atoms with Crippen LogP contribution in [0.1, 0.15) is 27.0 Å². The van der Waals surface area contributed by atoms with Crippen LogP contribution in [-0.4, -0.2) is 18.0 Å². The lowest BCUT2D eigenvalue weighted by Crippen LogP contribution is -2.13. The average molecular weight is 396 g/mol. The van der Waals surface area contributed by atoms with Crippen molar-refractivity contribution in [3.05, 3.63) is 89.0 Å². The van der Waals surface area contributed by atoms with Gasteiger partial charge in [-0.1, -0.05) is 35.9 Å². The molecule has 30 heavy (non-hydrogen) atoms. The lowest BCUT2D eigenvalue weighted by Gasteiger charge is -2.13. The number of hydrogen-bond donors (Lipinski definition) is 1. The lowest BCUT2D eigenvalue weighted by atomic mass is 9.99. The number of anilines is 1. The normalized spacial score (nSPS) is 10.8. The van der Waals surface area contributed by atoms with Crippen LogP contribution in [0.4, 0.5) is 5.69 Å². The van der Waals surface area contributed by atoms with Gasteiger partial charge in [0.25, 0.3) is 5.91 Å². The number of aryl methyl sites for hydroxylation is 3. The van der Waals surface area contributed by atoms with E-state index in [0.29, 0.717) is 5.56 Å². The number of benzene rings is 3. The van der Waals surface area contributed by atoms with Crippen LogP contribution in [-0.2, 0) is 0 Å². The van der Waals surface area contributed by atoms with Crippen molar-refractivity contribution in [1.29, 1.82) is 0 Å². The number of aromatic nitrogens is 1. The van der Waals surface area contributed by atoms with Gasteiger partial charge in [0.2, 0.25) is 0 Å². The molecule has 0 atom stereocenters. The fraction of sp³-hybridized carbons (Fsp3) is 0.154. The van der Waals surface area contributed by atoms with Crippen molar-refractivity contribution in [1.82, 2.24) is 4.98 Å². The van der Waals surface area contributed by atoms with Gasteiger partial charge in [-0.15, -0.1) is 0 Å². The maximum absolute atomic E-state index is 13.3. The Balaban J connectivity index is 1.88. The highest BCUT2D eigenvalue weighted by atomic mass is 16.5. The summed E-state index contributed by atoms with van der Waals surface area (Å²) in [7, 11) is 1.64. The standard InChI is InChI=1S/C26H24N2O2/c1-16-7-5-9-20(12-16)27-26(29)23-15-24(19-8-6-10-21(14-19)30-4)28-25-18(3)11-17(2)13-22(23)25/h5-15H,1-4H3,(H,27,29). The third-order valence-corrected chi connectivity index (χ3v) is 5.13. The predicted molar refractivity (Wildman–Crippen MR) is 122 cm³/mol. The van der Waals surface area contributed by atoms with Crippen LogP contribution in [0, 0.1) is 20.8 Å². The molecular formula is C26H24N2O2. The monoisotopic (exact) mass is 396 g/mol. The van der Waals surface area contributed by atoms with Gasteiger partial charge >= 0.3 is 0 Å². The molecule has 0 saturated carbocycles. The quantitative estimate of drug-likeness (QED) is 0.454. The zero-order valence-corrected chi connectivity index (χ0v) is 17.6. The Morgan fingerprint density at radius 1 is 0.900 bits per heavy atom. The number of nitrogens with one attached hydrogen (secondary N) is 1. The fourth-order valence-corrected chi connectivity index (χ4v) is 3.72. The summed E-state index contributed by atoms with van der Waals surface area (Å²) in [5.41, 5.74) is 7.08. The second-order valence-electron chi connectivity index (χ2n) is 7.59. The lowest BCUT2D eigenvalue weighted by molar-refractivity contribution is 0.102. The molecule has 4 aromatic rings. The Hall–Kier alpha value is -3.66. The maximum Gasteiger partial charge on any atom is 0.256 e. The van der Waals surface area contributed by atoms with Gasteiger partial charge in [-0.25, -0.2) is 4.98 Å². The number of nitrogens with zero attached hydrogens (tertiary/aromatic N) is 1. The third kappa shape index (κ3) is 3.90. The molecule has 1 N–H and O–H groups in total. The Bertz CT molecular complexity index is 1260. The van der Waals surface area contributed by atoms with Crippen molar-refractivity contribution in [2.75, 3.05) is 12.4 Å². The summed E-state index contributed by atoms with van der Waals surface area (Å²) < 4.78 is 5.36. The molecule has 150 valence electrons. The molecular weight excluding hydrogens is 372 g/mol. The molecule has 3 aromatic carbocycles. The number of carbonyl (C=O) groups is 1. The summed E-state index contributed by atoms with van der Waals surface area (Å²) >= 11 is 0. The minimum atomic E-state index is -0.151. The van der Waals surface area contributed by atoms with Crippen LogP contribution < -0.4 is 10.1 Å². The second kappa shape index (κ2) is 7.99. The Morgan fingerprint density at radius 2 is 1.70 bits per heavy atom. The van der Waals surface area contributed by atoms with E-state index in [0.717, 1.165) is 50.3 Å². The van der Waals surface area contributed by atoms with Crippen molar-refractivity contribution < 1.29 is 9.53 Å². The number of hydrogen-bond acceptors (Lipinski definition) is 3. The van der Waals surface area contributed by atoms with Crippen LogP contribution in [0.2, 0.25) is 0 Å². The molecule has 0 aliphatic heterocycles. The van der Waals surface area contributed by atoms with Crippen LogP contribution in [0.5, 0.6) is 5.75 Å². The number of fused-ring (bicyclic) bond motifs is 1. The second-order valence-corrected chi connectivity index (χ2v) is 7.59. The van der Waals surface area contributed by atoms with Crippen LogP contribution in [0.25, 0.3) is 22.2 Å². The van der Waals surface area contributed by atoms with Crippen LogP contribution in [0.3, 0.4) is 0 Å².